The van der Waals surface area contributed by atoms with Gasteiger partial charge >= 0.3 is 11.8 Å². The van der Waals surface area contributed by atoms with E-state index in [9.17, 15) is 14.9 Å². The quantitative estimate of drug-likeness (QED) is 0.628. The minimum atomic E-state index is -0.967. The summed E-state index contributed by atoms with van der Waals surface area (Å²) in [6.07, 6.45) is 1.55. The van der Waals surface area contributed by atoms with Gasteiger partial charge in [0, 0.05) is 11.9 Å². The molecule has 0 aliphatic carbocycles. The van der Waals surface area contributed by atoms with Gasteiger partial charge < -0.3 is 20.5 Å². The molecule has 0 fully saturated rings. The number of carbonyl (C=O) groups is 1. The van der Waals surface area contributed by atoms with Crippen LogP contribution in [0.5, 0.6) is 0 Å². The fourth-order valence-corrected chi connectivity index (χ4v) is 2.11. The summed E-state index contributed by atoms with van der Waals surface area (Å²) in [5.74, 6) is -1.70. The number of aromatic nitrogens is 2. The number of carboxylic acid groups (broad SMARTS) is 1. The Morgan fingerprint density at radius 2 is 2.50 bits per heavy atom. The number of thiazole rings is 1. The van der Waals surface area contributed by atoms with Gasteiger partial charge in [0.25, 0.3) is 4.96 Å². The van der Waals surface area contributed by atoms with Crippen molar-refractivity contribution in [2.24, 2.45) is 5.92 Å². The van der Waals surface area contributed by atoms with Crippen molar-refractivity contribution in [1.29, 1.82) is 0 Å². The van der Waals surface area contributed by atoms with Gasteiger partial charge in [0.05, 0.1) is 5.92 Å². The van der Waals surface area contributed by atoms with Crippen LogP contribution in [0, 0.1) is 16.0 Å². The summed E-state index contributed by atoms with van der Waals surface area (Å²) in [4.78, 5) is 25.6. The molecule has 0 aromatic carbocycles. The Bertz CT molecular complexity index is 605. The molecule has 2 N–H and O–H groups in total. The second kappa shape index (κ2) is 4.61. The van der Waals surface area contributed by atoms with Crippen molar-refractivity contribution in [1.82, 2.24) is 9.38 Å². The molecule has 8 nitrogen and oxygen atoms in total. The lowest BCUT2D eigenvalue weighted by molar-refractivity contribution is -0.389. The molecule has 0 aliphatic heterocycles. The van der Waals surface area contributed by atoms with Gasteiger partial charge in [-0.1, -0.05) is 18.3 Å². The fourth-order valence-electron chi connectivity index (χ4n) is 1.40. The molecular formula is C9H10N4O4S. The normalized spacial score (nSPS) is 12.5. The van der Waals surface area contributed by atoms with Crippen LogP contribution >= 0.6 is 11.3 Å². The zero-order valence-corrected chi connectivity index (χ0v) is 10.2. The van der Waals surface area contributed by atoms with Crippen molar-refractivity contribution in [3.63, 3.8) is 0 Å². The van der Waals surface area contributed by atoms with Crippen molar-refractivity contribution in [3.05, 3.63) is 21.7 Å². The number of aliphatic carboxylic acids is 1. The Morgan fingerprint density at radius 3 is 3.11 bits per heavy atom. The molecule has 96 valence electrons. The Labute approximate surface area is 105 Å². The third kappa shape index (κ3) is 2.12. The van der Waals surface area contributed by atoms with Gasteiger partial charge in [-0.15, -0.1) is 0 Å². The molecule has 0 amide bonds. The highest BCUT2D eigenvalue weighted by molar-refractivity contribution is 7.15. The predicted octanol–water partition coefficient (Wildman–Crippen LogP) is 1.44. The Hall–Kier alpha value is -2.16. The zero-order valence-electron chi connectivity index (χ0n) is 9.36. The van der Waals surface area contributed by atoms with Crippen LogP contribution in [-0.4, -0.2) is 31.9 Å². The number of carboxylic acids is 1. The molecule has 2 heterocycles. The summed E-state index contributed by atoms with van der Waals surface area (Å²) in [6, 6.07) is 0. The van der Waals surface area contributed by atoms with E-state index in [1.165, 1.54) is 22.7 Å². The fraction of sp³-hybridized carbons (Fsp3) is 0.333. The second-order valence-corrected chi connectivity index (χ2v) is 4.59. The van der Waals surface area contributed by atoms with Crippen LogP contribution in [0.15, 0.2) is 11.6 Å². The minimum Gasteiger partial charge on any atom is -0.481 e. The van der Waals surface area contributed by atoms with E-state index < -0.39 is 16.8 Å². The second-order valence-electron chi connectivity index (χ2n) is 3.72. The lowest BCUT2D eigenvalue weighted by Gasteiger charge is -2.06. The summed E-state index contributed by atoms with van der Waals surface area (Å²) in [5, 5.41) is 24.1. The van der Waals surface area contributed by atoms with Gasteiger partial charge in [-0.3, -0.25) is 4.79 Å². The van der Waals surface area contributed by atoms with Crippen LogP contribution in [-0.2, 0) is 4.79 Å². The standard InChI is InChI=1S/C9H10N4O4S/c1-5(8(14)15)4-10-6-7(13(16)17)12-2-3-18-9(12)11-6/h2-3,5,10H,4H2,1H3,(H,14,15). The third-order valence-corrected chi connectivity index (χ3v) is 3.16. The highest BCUT2D eigenvalue weighted by Gasteiger charge is 2.24. The van der Waals surface area contributed by atoms with E-state index >= 15 is 0 Å². The number of anilines is 1. The number of rotatable bonds is 5. The first kappa shape index (κ1) is 12.3. The minimum absolute atomic E-state index is 0.0843. The van der Waals surface area contributed by atoms with Crippen molar-refractivity contribution in [3.8, 4) is 0 Å². The van der Waals surface area contributed by atoms with E-state index in [4.69, 9.17) is 5.11 Å². The first-order chi connectivity index (χ1) is 8.50. The maximum absolute atomic E-state index is 11.0. The van der Waals surface area contributed by atoms with Gasteiger partial charge in [-0.25, -0.2) is 0 Å². The molecule has 0 spiro atoms. The van der Waals surface area contributed by atoms with E-state index in [1.54, 1.807) is 11.6 Å². The van der Waals surface area contributed by atoms with Gasteiger partial charge in [-0.05, 0) is 4.92 Å². The summed E-state index contributed by atoms with van der Waals surface area (Å²) < 4.78 is 1.36. The van der Waals surface area contributed by atoms with Crippen molar-refractivity contribution in [2.45, 2.75) is 6.92 Å². The largest absolute Gasteiger partial charge is 0.481 e. The molecule has 0 saturated carbocycles. The lowest BCUT2D eigenvalue weighted by Crippen LogP contribution is -2.20. The molecule has 1 unspecified atom stereocenters. The molecule has 0 saturated heterocycles. The number of nitrogens with zero attached hydrogens (tertiary/aromatic N) is 3. The molecule has 2 aromatic rings. The Balaban J connectivity index is 2.27. The van der Waals surface area contributed by atoms with Crippen molar-refractivity contribution >= 4 is 33.9 Å². The molecule has 0 aliphatic rings. The first-order valence-electron chi connectivity index (χ1n) is 5.07. The molecule has 2 aromatic heterocycles. The zero-order chi connectivity index (χ0) is 13.3. The van der Waals surface area contributed by atoms with E-state index in [0.717, 1.165) is 0 Å². The number of imidazole rings is 1. The first-order valence-corrected chi connectivity index (χ1v) is 5.95. The van der Waals surface area contributed by atoms with Crippen LogP contribution in [0.2, 0.25) is 0 Å². The maximum Gasteiger partial charge on any atom is 0.372 e. The summed E-state index contributed by atoms with van der Waals surface area (Å²) in [5.41, 5.74) is 0. The highest BCUT2D eigenvalue weighted by Crippen LogP contribution is 2.27. The SMILES string of the molecule is CC(CNc1nc2sccn2c1[N+](=O)[O-])C(=O)O. The van der Waals surface area contributed by atoms with Gasteiger partial charge in [0.2, 0.25) is 5.82 Å². The highest BCUT2D eigenvalue weighted by atomic mass is 32.1. The Kier molecular flexibility index (Phi) is 3.15. The molecule has 2 rings (SSSR count). The summed E-state index contributed by atoms with van der Waals surface area (Å²) >= 11 is 1.27. The lowest BCUT2D eigenvalue weighted by atomic mass is 10.2. The molecule has 0 radical (unpaired) electrons. The number of hydrogen-bond donors (Lipinski definition) is 2. The van der Waals surface area contributed by atoms with Gasteiger partial charge in [0.1, 0.15) is 6.20 Å². The number of fused-ring (bicyclic) bond motifs is 1. The van der Waals surface area contributed by atoms with Crippen LogP contribution in [0.3, 0.4) is 0 Å². The van der Waals surface area contributed by atoms with E-state index in [0.29, 0.717) is 4.96 Å². The Morgan fingerprint density at radius 1 is 1.78 bits per heavy atom. The number of nitrogens with one attached hydrogen (secondary N) is 1. The number of hydrogen-bond acceptors (Lipinski definition) is 6. The van der Waals surface area contributed by atoms with Crippen molar-refractivity contribution < 1.29 is 14.8 Å². The summed E-state index contributed by atoms with van der Waals surface area (Å²) in [6.45, 7) is 1.60. The van der Waals surface area contributed by atoms with Gasteiger partial charge in [0.15, 0.2) is 0 Å². The smallest absolute Gasteiger partial charge is 0.372 e. The van der Waals surface area contributed by atoms with Gasteiger partial charge in [-0.2, -0.15) is 9.38 Å². The average Bonchev–Trinajstić information content (AvgIpc) is 2.83. The molecular weight excluding hydrogens is 260 g/mol. The average molecular weight is 270 g/mol. The number of nitro groups is 1. The molecule has 1 atom stereocenters. The molecule has 18 heavy (non-hydrogen) atoms. The van der Waals surface area contributed by atoms with E-state index in [-0.39, 0.29) is 18.2 Å². The van der Waals surface area contributed by atoms with E-state index in [2.05, 4.69) is 10.3 Å². The molecule has 9 heteroatoms. The third-order valence-electron chi connectivity index (χ3n) is 2.41. The summed E-state index contributed by atoms with van der Waals surface area (Å²) in [7, 11) is 0. The van der Waals surface area contributed by atoms with Crippen LogP contribution in [0.25, 0.3) is 4.96 Å². The van der Waals surface area contributed by atoms with Crippen LogP contribution in [0.1, 0.15) is 6.92 Å². The van der Waals surface area contributed by atoms with Crippen LogP contribution < -0.4 is 5.32 Å². The maximum atomic E-state index is 11.0. The van der Waals surface area contributed by atoms with Crippen molar-refractivity contribution in [2.75, 3.05) is 11.9 Å². The van der Waals surface area contributed by atoms with Crippen LogP contribution in [0.4, 0.5) is 11.6 Å². The monoisotopic (exact) mass is 270 g/mol. The topological polar surface area (TPSA) is 110 Å². The molecule has 0 bridgehead atoms. The predicted molar refractivity (Wildman–Crippen MR) is 65.0 cm³/mol. The van der Waals surface area contributed by atoms with E-state index in [1.807, 2.05) is 0 Å².